The first kappa shape index (κ1) is 15.5. The smallest absolute Gasteiger partial charge is 0.273 e. The number of rotatable bonds is 4. The molecule has 0 aliphatic heterocycles. The van der Waals surface area contributed by atoms with Crippen molar-refractivity contribution in [1.29, 1.82) is 0 Å². The van der Waals surface area contributed by atoms with Crippen molar-refractivity contribution in [1.82, 2.24) is 20.0 Å². The number of carbonyl (C=O) groups is 1. The number of hydrogen-bond acceptors (Lipinski definition) is 3. The summed E-state index contributed by atoms with van der Waals surface area (Å²) >= 11 is 3.39. The van der Waals surface area contributed by atoms with Gasteiger partial charge in [0.05, 0.1) is 4.47 Å². The molecule has 1 heterocycles. The summed E-state index contributed by atoms with van der Waals surface area (Å²) in [4.78, 5) is 14.5. The monoisotopic (exact) mass is 342 g/mol. The van der Waals surface area contributed by atoms with E-state index in [2.05, 4.69) is 45.3 Å². The Morgan fingerprint density at radius 3 is 2.80 bits per heavy atom. The zero-order chi connectivity index (χ0) is 14.7. The van der Waals surface area contributed by atoms with E-state index >= 15 is 0 Å². The lowest BCUT2D eigenvalue weighted by molar-refractivity contribution is 0.0889. The molecule has 1 N–H and O–H groups in total. The molecule has 0 radical (unpaired) electrons. The van der Waals surface area contributed by atoms with Crippen LogP contribution in [0, 0.1) is 5.92 Å². The van der Waals surface area contributed by atoms with Gasteiger partial charge in [-0.1, -0.05) is 12.8 Å². The lowest BCUT2D eigenvalue weighted by atomic mass is 9.84. The lowest BCUT2D eigenvalue weighted by Crippen LogP contribution is -2.45. The van der Waals surface area contributed by atoms with E-state index in [-0.39, 0.29) is 11.9 Å². The Bertz CT molecular complexity index is 472. The van der Waals surface area contributed by atoms with Gasteiger partial charge in [0.25, 0.3) is 5.91 Å². The predicted octanol–water partition coefficient (Wildman–Crippen LogP) is 2.03. The van der Waals surface area contributed by atoms with Crippen molar-refractivity contribution >= 4 is 21.8 Å². The molecule has 5 nitrogen and oxygen atoms in total. The van der Waals surface area contributed by atoms with Gasteiger partial charge in [-0.15, -0.1) is 0 Å². The largest absolute Gasteiger partial charge is 0.348 e. The fourth-order valence-corrected chi connectivity index (χ4v) is 3.49. The second-order valence-corrected chi connectivity index (χ2v) is 6.74. The standard InChI is InChI=1S/C14H23BrN4O/c1-18(2)8-10-6-4-5-7-12(10)16-14(20)13-11(15)9-19(3)17-13/h9-10,12H,4-8H2,1-3H3,(H,16,20). The molecule has 1 aromatic heterocycles. The van der Waals surface area contributed by atoms with Crippen LogP contribution in [0.4, 0.5) is 0 Å². The van der Waals surface area contributed by atoms with E-state index in [9.17, 15) is 4.79 Å². The number of nitrogens with one attached hydrogen (secondary N) is 1. The van der Waals surface area contributed by atoms with E-state index in [1.807, 2.05) is 7.05 Å². The molecule has 2 rings (SSSR count). The second kappa shape index (κ2) is 6.72. The zero-order valence-corrected chi connectivity index (χ0v) is 14.0. The highest BCUT2D eigenvalue weighted by molar-refractivity contribution is 9.10. The minimum absolute atomic E-state index is 0.0758. The number of aromatic nitrogens is 2. The van der Waals surface area contributed by atoms with Gasteiger partial charge in [0.2, 0.25) is 0 Å². The third-order valence-electron chi connectivity index (χ3n) is 3.82. The highest BCUT2D eigenvalue weighted by Crippen LogP contribution is 2.25. The zero-order valence-electron chi connectivity index (χ0n) is 12.4. The van der Waals surface area contributed by atoms with Crippen molar-refractivity contribution in [2.24, 2.45) is 13.0 Å². The second-order valence-electron chi connectivity index (χ2n) is 5.89. The van der Waals surface area contributed by atoms with Gasteiger partial charge in [0, 0.05) is 25.8 Å². The van der Waals surface area contributed by atoms with Gasteiger partial charge in [0.1, 0.15) is 0 Å². The first-order valence-electron chi connectivity index (χ1n) is 7.12. The molecule has 0 spiro atoms. The Morgan fingerprint density at radius 1 is 1.50 bits per heavy atom. The number of halogens is 1. The van der Waals surface area contributed by atoms with Crippen molar-refractivity contribution < 1.29 is 4.79 Å². The fraction of sp³-hybridized carbons (Fsp3) is 0.714. The minimum atomic E-state index is -0.0758. The molecule has 112 valence electrons. The van der Waals surface area contributed by atoms with E-state index in [0.29, 0.717) is 11.6 Å². The summed E-state index contributed by atoms with van der Waals surface area (Å²) in [6.07, 6.45) is 6.50. The van der Waals surface area contributed by atoms with Crippen LogP contribution in [-0.2, 0) is 7.05 Å². The van der Waals surface area contributed by atoms with Crippen LogP contribution >= 0.6 is 15.9 Å². The Morgan fingerprint density at radius 2 is 2.20 bits per heavy atom. The summed E-state index contributed by atoms with van der Waals surface area (Å²) in [7, 11) is 5.99. The van der Waals surface area contributed by atoms with Crippen molar-refractivity contribution in [3.63, 3.8) is 0 Å². The summed E-state index contributed by atoms with van der Waals surface area (Å²) in [5, 5.41) is 7.38. The van der Waals surface area contributed by atoms with Crippen LogP contribution in [0.1, 0.15) is 36.2 Å². The Hall–Kier alpha value is -0.880. The minimum Gasteiger partial charge on any atom is -0.348 e. The molecule has 1 fully saturated rings. The maximum Gasteiger partial charge on any atom is 0.273 e. The summed E-state index contributed by atoms with van der Waals surface area (Å²) in [5.74, 6) is 0.457. The van der Waals surface area contributed by atoms with Crippen LogP contribution in [0.5, 0.6) is 0 Å². The molecule has 0 aromatic carbocycles. The molecule has 1 saturated carbocycles. The molecule has 1 amide bonds. The molecule has 1 aliphatic rings. The first-order chi connectivity index (χ1) is 9.47. The van der Waals surface area contributed by atoms with Crippen LogP contribution in [-0.4, -0.2) is 47.3 Å². The third-order valence-corrected chi connectivity index (χ3v) is 4.40. The normalized spacial score (nSPS) is 23.1. The van der Waals surface area contributed by atoms with Gasteiger partial charge in [-0.25, -0.2) is 0 Å². The third kappa shape index (κ3) is 3.82. The highest BCUT2D eigenvalue weighted by atomic mass is 79.9. The van der Waals surface area contributed by atoms with Crippen LogP contribution in [0.15, 0.2) is 10.7 Å². The molecule has 0 saturated heterocycles. The first-order valence-corrected chi connectivity index (χ1v) is 7.91. The maximum atomic E-state index is 12.3. The van der Waals surface area contributed by atoms with Gasteiger partial charge in [-0.3, -0.25) is 9.48 Å². The number of hydrogen-bond donors (Lipinski definition) is 1. The molecule has 2 atom stereocenters. The van der Waals surface area contributed by atoms with Gasteiger partial charge < -0.3 is 10.2 Å². The van der Waals surface area contributed by atoms with Gasteiger partial charge in [-0.05, 0) is 48.8 Å². The summed E-state index contributed by atoms with van der Waals surface area (Å²) in [5.41, 5.74) is 0.474. The van der Waals surface area contributed by atoms with Crippen LogP contribution < -0.4 is 5.32 Å². The van der Waals surface area contributed by atoms with Crippen molar-refractivity contribution in [3.8, 4) is 0 Å². The van der Waals surface area contributed by atoms with E-state index < -0.39 is 0 Å². The number of amides is 1. The van der Waals surface area contributed by atoms with Crippen LogP contribution in [0.25, 0.3) is 0 Å². The van der Waals surface area contributed by atoms with Crippen molar-refractivity contribution in [2.45, 2.75) is 31.7 Å². The number of carbonyl (C=O) groups excluding carboxylic acids is 1. The topological polar surface area (TPSA) is 50.2 Å². The highest BCUT2D eigenvalue weighted by Gasteiger charge is 2.28. The molecule has 2 unspecified atom stereocenters. The Labute approximate surface area is 128 Å². The molecule has 20 heavy (non-hydrogen) atoms. The quantitative estimate of drug-likeness (QED) is 0.910. The molecule has 1 aliphatic carbocycles. The fourth-order valence-electron chi connectivity index (χ4n) is 2.94. The van der Waals surface area contributed by atoms with Crippen molar-refractivity contribution in [3.05, 3.63) is 16.4 Å². The SMILES string of the molecule is CN(C)CC1CCCCC1NC(=O)c1nn(C)cc1Br. The van der Waals surface area contributed by atoms with Crippen molar-refractivity contribution in [2.75, 3.05) is 20.6 Å². The summed E-state index contributed by atoms with van der Waals surface area (Å²) < 4.78 is 2.40. The van der Waals surface area contributed by atoms with E-state index in [0.717, 1.165) is 17.4 Å². The molecular formula is C14H23BrN4O. The average Bonchev–Trinajstić information content (AvgIpc) is 2.70. The maximum absolute atomic E-state index is 12.3. The van der Waals surface area contributed by atoms with Crippen LogP contribution in [0.3, 0.4) is 0 Å². The summed E-state index contributed by atoms with van der Waals surface area (Å²) in [6.45, 7) is 1.02. The number of nitrogens with zero attached hydrogens (tertiary/aromatic N) is 3. The number of aryl methyl sites for hydroxylation is 1. The molecular weight excluding hydrogens is 320 g/mol. The van der Waals surface area contributed by atoms with Crippen LogP contribution in [0.2, 0.25) is 0 Å². The van der Waals surface area contributed by atoms with E-state index in [1.54, 1.807) is 10.9 Å². The Kier molecular flexibility index (Phi) is 5.21. The Balaban J connectivity index is 2.03. The van der Waals surface area contributed by atoms with E-state index in [1.165, 1.54) is 19.3 Å². The van der Waals surface area contributed by atoms with Gasteiger partial charge in [-0.2, -0.15) is 5.10 Å². The van der Waals surface area contributed by atoms with Gasteiger partial charge in [0.15, 0.2) is 5.69 Å². The molecule has 0 bridgehead atoms. The lowest BCUT2D eigenvalue weighted by Gasteiger charge is -2.33. The summed E-state index contributed by atoms with van der Waals surface area (Å²) in [6, 6.07) is 0.257. The molecule has 6 heteroatoms. The predicted molar refractivity (Wildman–Crippen MR) is 82.7 cm³/mol. The average molecular weight is 343 g/mol. The molecule has 1 aromatic rings. The van der Waals surface area contributed by atoms with Gasteiger partial charge >= 0.3 is 0 Å². The van der Waals surface area contributed by atoms with E-state index in [4.69, 9.17) is 0 Å².